The summed E-state index contributed by atoms with van der Waals surface area (Å²) in [6, 6.07) is 19.7. The molecule has 0 amide bonds. The number of nitrogens with zero attached hydrogens (tertiary/aromatic N) is 3. The van der Waals surface area contributed by atoms with E-state index in [-0.39, 0.29) is 22.7 Å². The van der Waals surface area contributed by atoms with Gasteiger partial charge in [0.2, 0.25) is 0 Å². The van der Waals surface area contributed by atoms with Gasteiger partial charge in [-0.3, -0.25) is 9.36 Å². The number of carbonyl (C=O) groups excluding carboxylic acids is 1. The van der Waals surface area contributed by atoms with E-state index in [1.807, 2.05) is 54.6 Å². The van der Waals surface area contributed by atoms with Gasteiger partial charge in [-0.15, -0.1) is 0 Å². The minimum atomic E-state index is -0.424. The van der Waals surface area contributed by atoms with Gasteiger partial charge in [0.05, 0.1) is 29.5 Å². The molecule has 0 atom stereocenters. The van der Waals surface area contributed by atoms with Crippen molar-refractivity contribution in [3.8, 4) is 17.2 Å². The summed E-state index contributed by atoms with van der Waals surface area (Å²) < 4.78 is 3.11. The van der Waals surface area contributed by atoms with E-state index in [2.05, 4.69) is 10.4 Å². The SMILES string of the molecule is O=C(c1c(O)cc(O)cc1Nc1cnn(-c2ccccc2)c1)n1cc2ccccc2c1. The van der Waals surface area contributed by atoms with Crippen LogP contribution >= 0.6 is 0 Å². The Morgan fingerprint density at radius 1 is 0.871 bits per heavy atom. The van der Waals surface area contributed by atoms with E-state index < -0.39 is 5.91 Å². The van der Waals surface area contributed by atoms with Crippen molar-refractivity contribution in [3.63, 3.8) is 0 Å². The van der Waals surface area contributed by atoms with Crippen LogP contribution in [0.3, 0.4) is 0 Å². The van der Waals surface area contributed by atoms with Gasteiger partial charge in [-0.25, -0.2) is 4.68 Å². The third-order valence-corrected chi connectivity index (χ3v) is 4.99. The Hall–Kier alpha value is -4.52. The average molecular weight is 410 g/mol. The van der Waals surface area contributed by atoms with Crippen LogP contribution in [0.25, 0.3) is 16.5 Å². The van der Waals surface area contributed by atoms with Gasteiger partial charge >= 0.3 is 0 Å². The minimum absolute atomic E-state index is 0.0468. The first-order valence-electron chi connectivity index (χ1n) is 9.63. The molecule has 0 bridgehead atoms. The maximum atomic E-state index is 13.2. The highest BCUT2D eigenvalue weighted by Crippen LogP contribution is 2.34. The number of hydrogen-bond donors (Lipinski definition) is 3. The molecule has 0 saturated heterocycles. The zero-order valence-corrected chi connectivity index (χ0v) is 16.3. The van der Waals surface area contributed by atoms with E-state index in [1.165, 1.54) is 10.6 Å². The molecule has 7 nitrogen and oxygen atoms in total. The van der Waals surface area contributed by atoms with Gasteiger partial charge in [-0.05, 0) is 22.9 Å². The van der Waals surface area contributed by atoms with Crippen molar-refractivity contribution in [3.05, 3.63) is 97.1 Å². The van der Waals surface area contributed by atoms with Crippen molar-refractivity contribution >= 4 is 28.1 Å². The van der Waals surface area contributed by atoms with Crippen LogP contribution in [-0.4, -0.2) is 30.5 Å². The topological polar surface area (TPSA) is 92.3 Å². The highest BCUT2D eigenvalue weighted by Gasteiger charge is 2.20. The maximum Gasteiger partial charge on any atom is 0.267 e. The molecule has 0 aliphatic heterocycles. The third kappa shape index (κ3) is 3.49. The molecule has 3 N–H and O–H groups in total. The lowest BCUT2D eigenvalue weighted by Crippen LogP contribution is -2.12. The van der Waals surface area contributed by atoms with Crippen molar-refractivity contribution in [1.29, 1.82) is 0 Å². The molecule has 0 aliphatic carbocycles. The summed E-state index contributed by atoms with van der Waals surface area (Å²) in [5.74, 6) is -0.906. The molecule has 5 rings (SSSR count). The zero-order valence-electron chi connectivity index (χ0n) is 16.3. The lowest BCUT2D eigenvalue weighted by atomic mass is 10.1. The van der Waals surface area contributed by atoms with Crippen LogP contribution in [0.15, 0.2) is 91.5 Å². The fraction of sp³-hybridized carbons (Fsp3) is 0. The molecule has 0 spiro atoms. The van der Waals surface area contributed by atoms with Crippen molar-refractivity contribution < 1.29 is 15.0 Å². The van der Waals surface area contributed by atoms with Crippen LogP contribution in [0.2, 0.25) is 0 Å². The van der Waals surface area contributed by atoms with E-state index in [0.29, 0.717) is 5.69 Å². The van der Waals surface area contributed by atoms with Crippen molar-refractivity contribution in [1.82, 2.24) is 14.3 Å². The van der Waals surface area contributed by atoms with Crippen LogP contribution < -0.4 is 5.32 Å². The van der Waals surface area contributed by atoms with Crippen LogP contribution in [0.1, 0.15) is 10.4 Å². The Kier molecular flexibility index (Phi) is 4.41. The first kappa shape index (κ1) is 18.5. The number of nitrogens with one attached hydrogen (secondary N) is 1. The van der Waals surface area contributed by atoms with Gasteiger partial charge in [0, 0.05) is 24.5 Å². The second-order valence-electron chi connectivity index (χ2n) is 7.12. The third-order valence-electron chi connectivity index (χ3n) is 4.99. The number of fused-ring (bicyclic) bond motifs is 1. The number of para-hydroxylation sites is 1. The summed E-state index contributed by atoms with van der Waals surface area (Å²) in [4.78, 5) is 13.2. The van der Waals surface area contributed by atoms with Gasteiger partial charge in [0.25, 0.3) is 5.91 Å². The molecule has 0 radical (unpaired) electrons. The maximum absolute atomic E-state index is 13.2. The fourth-order valence-corrected chi connectivity index (χ4v) is 3.53. The quantitative estimate of drug-likeness (QED) is 0.400. The van der Waals surface area contributed by atoms with E-state index in [0.717, 1.165) is 22.5 Å². The molecule has 0 fully saturated rings. The molecular formula is C24H18N4O3. The molecule has 3 aromatic carbocycles. The number of aromatic hydroxyl groups is 2. The van der Waals surface area contributed by atoms with Gasteiger partial charge < -0.3 is 15.5 Å². The number of anilines is 2. The fourth-order valence-electron chi connectivity index (χ4n) is 3.53. The normalized spacial score (nSPS) is 11.0. The summed E-state index contributed by atoms with van der Waals surface area (Å²) in [7, 11) is 0. The molecule has 7 heteroatoms. The summed E-state index contributed by atoms with van der Waals surface area (Å²) >= 11 is 0. The number of phenolic OH excluding ortho intramolecular Hbond substituents is 2. The van der Waals surface area contributed by atoms with Crippen molar-refractivity contribution in [2.24, 2.45) is 0 Å². The standard InChI is InChI=1S/C24H18N4O3/c29-20-10-21(26-18-12-25-28(15-18)19-8-2-1-3-9-19)23(22(30)11-20)24(31)27-13-16-6-4-5-7-17(16)14-27/h1-15,26,29-30H. The second kappa shape index (κ2) is 7.38. The number of rotatable bonds is 4. The van der Waals surface area contributed by atoms with Gasteiger partial charge in [-0.2, -0.15) is 5.10 Å². The molecule has 2 heterocycles. The largest absolute Gasteiger partial charge is 0.508 e. The first-order chi connectivity index (χ1) is 15.1. The minimum Gasteiger partial charge on any atom is -0.508 e. The first-order valence-corrected chi connectivity index (χ1v) is 9.63. The molecule has 152 valence electrons. The predicted octanol–water partition coefficient (Wildman–Crippen LogP) is 4.67. The van der Waals surface area contributed by atoms with E-state index in [4.69, 9.17) is 0 Å². The average Bonchev–Trinajstić information content (AvgIpc) is 3.41. The van der Waals surface area contributed by atoms with Gasteiger partial charge in [0.1, 0.15) is 17.1 Å². The Morgan fingerprint density at radius 3 is 2.26 bits per heavy atom. The molecule has 5 aromatic rings. The number of aromatic nitrogens is 3. The molecule has 0 aliphatic rings. The van der Waals surface area contributed by atoms with Gasteiger partial charge in [-0.1, -0.05) is 42.5 Å². The van der Waals surface area contributed by atoms with E-state index in [9.17, 15) is 15.0 Å². The Bertz CT molecular complexity index is 1370. The Morgan fingerprint density at radius 2 is 1.55 bits per heavy atom. The molecule has 2 aromatic heterocycles. The molecular weight excluding hydrogens is 392 g/mol. The summed E-state index contributed by atoms with van der Waals surface area (Å²) in [5, 5.41) is 29.7. The zero-order chi connectivity index (χ0) is 21.4. The smallest absolute Gasteiger partial charge is 0.267 e. The van der Waals surface area contributed by atoms with E-state index in [1.54, 1.807) is 29.5 Å². The Balaban J connectivity index is 1.52. The lowest BCUT2D eigenvalue weighted by molar-refractivity contribution is 0.0959. The molecule has 0 unspecified atom stereocenters. The number of carbonyl (C=O) groups is 1. The van der Waals surface area contributed by atoms with Crippen molar-refractivity contribution in [2.75, 3.05) is 5.32 Å². The van der Waals surface area contributed by atoms with Crippen molar-refractivity contribution in [2.45, 2.75) is 0 Å². The number of phenols is 2. The van der Waals surface area contributed by atoms with Crippen LogP contribution in [0.4, 0.5) is 11.4 Å². The predicted molar refractivity (Wildman–Crippen MR) is 118 cm³/mol. The number of benzene rings is 3. The highest BCUT2D eigenvalue weighted by molar-refractivity contribution is 6.06. The van der Waals surface area contributed by atoms with E-state index >= 15 is 0 Å². The summed E-state index contributed by atoms with van der Waals surface area (Å²) in [6.07, 6.45) is 6.78. The second-order valence-corrected chi connectivity index (χ2v) is 7.12. The monoisotopic (exact) mass is 410 g/mol. The number of hydrogen-bond acceptors (Lipinski definition) is 5. The van der Waals surface area contributed by atoms with Crippen LogP contribution in [0, 0.1) is 0 Å². The van der Waals surface area contributed by atoms with Crippen LogP contribution in [0.5, 0.6) is 11.5 Å². The molecule has 0 saturated carbocycles. The lowest BCUT2D eigenvalue weighted by Gasteiger charge is -2.13. The Labute approximate surface area is 177 Å². The van der Waals surface area contributed by atoms with Gasteiger partial charge in [0.15, 0.2) is 0 Å². The molecule has 31 heavy (non-hydrogen) atoms. The summed E-state index contributed by atoms with van der Waals surface area (Å²) in [5.41, 5.74) is 1.80. The highest BCUT2D eigenvalue weighted by atomic mass is 16.3. The summed E-state index contributed by atoms with van der Waals surface area (Å²) in [6.45, 7) is 0. The van der Waals surface area contributed by atoms with Crippen LogP contribution in [-0.2, 0) is 0 Å².